The van der Waals surface area contributed by atoms with Gasteiger partial charge in [0.1, 0.15) is 6.26 Å². The standard InChI is InChI=1S/C18H31NO4/c1-9-14(7)16(15(8)17(20)22-10-2)11-23-18(21)19(12(3)4)13(5)6/h9,11-13,15H,10H2,1-8H3/b14-9+,16-11-. The minimum atomic E-state index is -0.495. The Morgan fingerprint density at radius 1 is 1.09 bits per heavy atom. The molecule has 0 aliphatic heterocycles. The average Bonchev–Trinajstić information content (AvgIpc) is 2.46. The van der Waals surface area contributed by atoms with Crippen molar-refractivity contribution in [3.05, 3.63) is 23.5 Å². The minimum Gasteiger partial charge on any atom is -0.466 e. The molecule has 132 valence electrons. The van der Waals surface area contributed by atoms with Crippen LogP contribution in [0.25, 0.3) is 0 Å². The van der Waals surface area contributed by atoms with Gasteiger partial charge in [0.2, 0.25) is 0 Å². The molecule has 0 aromatic heterocycles. The van der Waals surface area contributed by atoms with E-state index in [1.54, 1.807) is 18.7 Å². The van der Waals surface area contributed by atoms with Gasteiger partial charge in [-0.1, -0.05) is 6.08 Å². The van der Waals surface area contributed by atoms with Crippen LogP contribution in [0.2, 0.25) is 0 Å². The fraction of sp³-hybridized carbons (Fsp3) is 0.667. The van der Waals surface area contributed by atoms with E-state index in [2.05, 4.69) is 0 Å². The lowest BCUT2D eigenvalue weighted by molar-refractivity contribution is -0.146. The molecule has 0 aromatic carbocycles. The van der Waals surface area contributed by atoms with Crippen molar-refractivity contribution < 1.29 is 19.1 Å². The van der Waals surface area contributed by atoms with Gasteiger partial charge >= 0.3 is 12.1 Å². The number of carbonyl (C=O) groups excluding carboxylic acids is 2. The molecule has 1 atom stereocenters. The van der Waals surface area contributed by atoms with E-state index in [0.717, 1.165) is 5.57 Å². The number of esters is 1. The van der Waals surface area contributed by atoms with Crippen molar-refractivity contribution in [3.8, 4) is 0 Å². The van der Waals surface area contributed by atoms with Crippen molar-refractivity contribution in [1.82, 2.24) is 4.90 Å². The number of rotatable bonds is 7. The van der Waals surface area contributed by atoms with Crippen LogP contribution in [-0.4, -0.2) is 35.7 Å². The van der Waals surface area contributed by atoms with E-state index in [1.165, 1.54) is 6.26 Å². The number of hydrogen-bond acceptors (Lipinski definition) is 4. The molecule has 0 saturated carbocycles. The lowest BCUT2D eigenvalue weighted by Gasteiger charge is -2.29. The molecule has 0 heterocycles. The fourth-order valence-corrected chi connectivity index (χ4v) is 2.29. The summed E-state index contributed by atoms with van der Waals surface area (Å²) >= 11 is 0. The molecule has 0 spiro atoms. The Bertz CT molecular complexity index is 456. The number of allylic oxidation sites excluding steroid dienone is 2. The molecule has 1 amide bonds. The Morgan fingerprint density at radius 3 is 2.00 bits per heavy atom. The predicted octanol–water partition coefficient (Wildman–Crippen LogP) is 4.29. The van der Waals surface area contributed by atoms with Crippen LogP contribution < -0.4 is 0 Å². The molecule has 0 N–H and O–H groups in total. The molecule has 0 bridgehead atoms. The summed E-state index contributed by atoms with van der Waals surface area (Å²) in [7, 11) is 0. The van der Waals surface area contributed by atoms with Gasteiger partial charge in [-0.15, -0.1) is 0 Å². The summed E-state index contributed by atoms with van der Waals surface area (Å²) in [6.45, 7) is 15.3. The molecule has 0 fully saturated rings. The highest BCUT2D eigenvalue weighted by molar-refractivity contribution is 5.77. The van der Waals surface area contributed by atoms with Crippen LogP contribution in [0.4, 0.5) is 4.79 Å². The van der Waals surface area contributed by atoms with Crippen LogP contribution >= 0.6 is 0 Å². The van der Waals surface area contributed by atoms with E-state index >= 15 is 0 Å². The molecular formula is C18H31NO4. The summed E-state index contributed by atoms with van der Waals surface area (Å²) in [4.78, 5) is 25.9. The van der Waals surface area contributed by atoms with Gasteiger partial charge in [-0.05, 0) is 61.0 Å². The summed E-state index contributed by atoms with van der Waals surface area (Å²) in [5, 5.41) is 0. The maximum atomic E-state index is 12.3. The van der Waals surface area contributed by atoms with Crippen LogP contribution in [0.15, 0.2) is 23.5 Å². The van der Waals surface area contributed by atoms with Crippen molar-refractivity contribution in [1.29, 1.82) is 0 Å². The SMILES string of the molecule is C/C=C(C)/C(=C/OC(=O)N(C(C)C)C(C)C)C(C)C(=O)OCC. The molecule has 0 rings (SSSR count). The first kappa shape index (κ1) is 21.2. The number of amides is 1. The maximum Gasteiger partial charge on any atom is 0.415 e. The lowest BCUT2D eigenvalue weighted by Crippen LogP contribution is -2.41. The summed E-state index contributed by atoms with van der Waals surface area (Å²) in [6, 6.07) is 0.0642. The van der Waals surface area contributed by atoms with E-state index in [9.17, 15) is 9.59 Å². The fourth-order valence-electron chi connectivity index (χ4n) is 2.29. The van der Waals surface area contributed by atoms with E-state index in [4.69, 9.17) is 9.47 Å². The molecule has 0 radical (unpaired) electrons. The normalized spacial score (nSPS) is 14.0. The molecule has 0 saturated heterocycles. The Hall–Kier alpha value is -1.78. The van der Waals surface area contributed by atoms with E-state index in [0.29, 0.717) is 12.2 Å². The minimum absolute atomic E-state index is 0.0321. The van der Waals surface area contributed by atoms with Gasteiger partial charge in [0.25, 0.3) is 0 Å². The zero-order valence-electron chi connectivity index (χ0n) is 15.7. The van der Waals surface area contributed by atoms with Crippen LogP contribution in [0.1, 0.15) is 55.4 Å². The topological polar surface area (TPSA) is 55.8 Å². The lowest BCUT2D eigenvalue weighted by atomic mass is 9.96. The van der Waals surface area contributed by atoms with E-state index < -0.39 is 12.0 Å². The van der Waals surface area contributed by atoms with Crippen LogP contribution in [0, 0.1) is 5.92 Å². The van der Waals surface area contributed by atoms with E-state index in [1.807, 2.05) is 47.6 Å². The summed E-state index contributed by atoms with van der Waals surface area (Å²) in [5.74, 6) is -0.828. The van der Waals surface area contributed by atoms with Gasteiger partial charge in [-0.2, -0.15) is 0 Å². The predicted molar refractivity (Wildman–Crippen MR) is 91.9 cm³/mol. The van der Waals surface area contributed by atoms with Crippen LogP contribution in [0.3, 0.4) is 0 Å². The second kappa shape index (κ2) is 10.1. The molecule has 5 nitrogen and oxygen atoms in total. The highest BCUT2D eigenvalue weighted by Crippen LogP contribution is 2.21. The third kappa shape index (κ3) is 6.47. The molecule has 0 aliphatic carbocycles. The zero-order valence-corrected chi connectivity index (χ0v) is 15.7. The summed E-state index contributed by atoms with van der Waals surface area (Å²) in [6.07, 6.45) is 2.82. The van der Waals surface area contributed by atoms with Crippen LogP contribution in [0.5, 0.6) is 0 Å². The Labute approximate surface area is 140 Å². The van der Waals surface area contributed by atoms with Crippen molar-refractivity contribution in [2.75, 3.05) is 6.61 Å². The Kier molecular flexibility index (Phi) is 9.30. The van der Waals surface area contributed by atoms with Crippen LogP contribution in [-0.2, 0) is 14.3 Å². The van der Waals surface area contributed by atoms with E-state index in [-0.39, 0.29) is 18.1 Å². The van der Waals surface area contributed by atoms with Crippen molar-refractivity contribution in [2.24, 2.45) is 5.92 Å². The smallest absolute Gasteiger partial charge is 0.415 e. The quantitative estimate of drug-likeness (QED) is 0.398. The largest absolute Gasteiger partial charge is 0.466 e. The Balaban J connectivity index is 5.32. The average molecular weight is 325 g/mol. The molecule has 1 unspecified atom stereocenters. The molecule has 23 heavy (non-hydrogen) atoms. The molecule has 0 aliphatic rings. The second-order valence-corrected chi connectivity index (χ2v) is 6.00. The third-order valence-electron chi connectivity index (χ3n) is 3.61. The number of nitrogens with zero attached hydrogens (tertiary/aromatic N) is 1. The highest BCUT2D eigenvalue weighted by atomic mass is 16.5. The third-order valence-corrected chi connectivity index (χ3v) is 3.61. The first-order chi connectivity index (χ1) is 10.7. The molecule has 0 aromatic rings. The number of hydrogen-bond donors (Lipinski definition) is 0. The Morgan fingerprint density at radius 2 is 1.61 bits per heavy atom. The first-order valence-corrected chi connectivity index (χ1v) is 8.16. The summed E-state index contributed by atoms with van der Waals surface area (Å²) < 4.78 is 10.4. The van der Waals surface area contributed by atoms with Gasteiger partial charge in [0.15, 0.2) is 0 Å². The maximum absolute atomic E-state index is 12.3. The summed E-state index contributed by atoms with van der Waals surface area (Å²) in [5.41, 5.74) is 1.52. The first-order valence-electron chi connectivity index (χ1n) is 8.16. The number of ether oxygens (including phenoxy) is 2. The van der Waals surface area contributed by atoms with Crippen molar-refractivity contribution >= 4 is 12.1 Å². The molecular weight excluding hydrogens is 294 g/mol. The van der Waals surface area contributed by atoms with Gasteiger partial charge in [0, 0.05) is 17.7 Å². The number of carbonyl (C=O) groups is 2. The van der Waals surface area contributed by atoms with Crippen molar-refractivity contribution in [2.45, 2.75) is 67.5 Å². The van der Waals surface area contributed by atoms with Gasteiger partial charge in [-0.25, -0.2) is 4.79 Å². The van der Waals surface area contributed by atoms with Gasteiger partial charge in [-0.3, -0.25) is 4.79 Å². The second-order valence-electron chi connectivity index (χ2n) is 6.00. The zero-order chi connectivity index (χ0) is 18.2. The monoisotopic (exact) mass is 325 g/mol. The highest BCUT2D eigenvalue weighted by Gasteiger charge is 2.24. The molecule has 5 heteroatoms. The van der Waals surface area contributed by atoms with Gasteiger partial charge in [0.05, 0.1) is 12.5 Å². The van der Waals surface area contributed by atoms with Crippen molar-refractivity contribution in [3.63, 3.8) is 0 Å². The van der Waals surface area contributed by atoms with Gasteiger partial charge < -0.3 is 14.4 Å².